The van der Waals surface area contributed by atoms with Crippen molar-refractivity contribution in [2.75, 3.05) is 12.3 Å². The van der Waals surface area contributed by atoms with E-state index in [0.717, 1.165) is 5.56 Å². The van der Waals surface area contributed by atoms with Gasteiger partial charge in [0.05, 0.1) is 5.56 Å². The quantitative estimate of drug-likeness (QED) is 0.764. The Morgan fingerprint density at radius 2 is 2.00 bits per heavy atom. The Balaban J connectivity index is 3.23. The van der Waals surface area contributed by atoms with Gasteiger partial charge in [0, 0.05) is 18.2 Å². The monoisotopic (exact) mass is 235 g/mol. The lowest BCUT2D eigenvalue weighted by atomic mass is 9.76. The van der Waals surface area contributed by atoms with Crippen molar-refractivity contribution in [3.63, 3.8) is 0 Å². The number of pyridine rings is 1. The van der Waals surface area contributed by atoms with Gasteiger partial charge in [-0.25, -0.2) is 4.98 Å². The Kier molecular flexibility index (Phi) is 4.23. The summed E-state index contributed by atoms with van der Waals surface area (Å²) in [5.41, 5.74) is 12.5. The molecule has 0 atom stereocenters. The molecule has 17 heavy (non-hydrogen) atoms. The van der Waals surface area contributed by atoms with Gasteiger partial charge in [0.25, 0.3) is 0 Å². The van der Waals surface area contributed by atoms with Crippen LogP contribution in [0.3, 0.4) is 0 Å². The molecular weight excluding hydrogens is 214 g/mol. The van der Waals surface area contributed by atoms with Gasteiger partial charge in [-0.15, -0.1) is 0 Å². The highest BCUT2D eigenvalue weighted by atomic mass is 16.1. The predicted molar refractivity (Wildman–Crippen MR) is 69.8 cm³/mol. The first kappa shape index (κ1) is 13.6. The van der Waals surface area contributed by atoms with Gasteiger partial charge < -0.3 is 11.5 Å². The summed E-state index contributed by atoms with van der Waals surface area (Å²) in [7, 11) is 0. The molecule has 0 spiro atoms. The minimum atomic E-state index is -0.510. The number of ketones is 1. The number of aromatic nitrogens is 1. The number of nitrogens with zero attached hydrogens (tertiary/aromatic N) is 1. The first-order valence-electron chi connectivity index (χ1n) is 5.97. The van der Waals surface area contributed by atoms with Crippen LogP contribution in [0.25, 0.3) is 0 Å². The maximum absolute atomic E-state index is 12.5. The normalized spacial score (nSPS) is 11.5. The van der Waals surface area contributed by atoms with Gasteiger partial charge in [0.2, 0.25) is 0 Å². The van der Waals surface area contributed by atoms with Crippen molar-refractivity contribution < 1.29 is 4.79 Å². The van der Waals surface area contributed by atoms with Crippen LogP contribution in [0.2, 0.25) is 0 Å². The van der Waals surface area contributed by atoms with E-state index in [1.807, 2.05) is 20.8 Å². The van der Waals surface area contributed by atoms with Gasteiger partial charge in [-0.1, -0.05) is 13.8 Å². The molecule has 94 valence electrons. The van der Waals surface area contributed by atoms with E-state index in [1.54, 1.807) is 12.3 Å². The van der Waals surface area contributed by atoms with Crippen LogP contribution in [0.5, 0.6) is 0 Å². The number of hydrogen-bond acceptors (Lipinski definition) is 4. The fourth-order valence-corrected chi connectivity index (χ4v) is 2.00. The molecule has 4 nitrogen and oxygen atoms in total. The number of anilines is 1. The average Bonchev–Trinajstić information content (AvgIpc) is 2.35. The molecule has 0 saturated heterocycles. The molecular formula is C13H21N3O. The highest BCUT2D eigenvalue weighted by Crippen LogP contribution is 2.31. The van der Waals surface area contributed by atoms with E-state index in [0.29, 0.717) is 30.8 Å². The Morgan fingerprint density at radius 1 is 1.41 bits per heavy atom. The Labute approximate surface area is 102 Å². The van der Waals surface area contributed by atoms with Crippen LogP contribution in [0.1, 0.15) is 42.6 Å². The lowest BCUT2D eigenvalue weighted by Crippen LogP contribution is -2.38. The largest absolute Gasteiger partial charge is 0.383 e. The van der Waals surface area contributed by atoms with Gasteiger partial charge >= 0.3 is 0 Å². The summed E-state index contributed by atoms with van der Waals surface area (Å²) in [4.78, 5) is 16.6. The third-order valence-electron chi connectivity index (χ3n) is 3.53. The van der Waals surface area contributed by atoms with Gasteiger partial charge in [-0.3, -0.25) is 4.79 Å². The van der Waals surface area contributed by atoms with Crippen LogP contribution in [-0.2, 0) is 0 Å². The third kappa shape index (κ3) is 2.47. The molecule has 4 N–H and O–H groups in total. The molecule has 4 heteroatoms. The minimum absolute atomic E-state index is 0.0127. The van der Waals surface area contributed by atoms with Crippen molar-refractivity contribution in [2.24, 2.45) is 11.1 Å². The number of nitrogen functional groups attached to an aromatic ring is 1. The fourth-order valence-electron chi connectivity index (χ4n) is 2.00. The molecule has 0 unspecified atom stereocenters. The van der Waals surface area contributed by atoms with E-state index in [2.05, 4.69) is 4.98 Å². The zero-order valence-electron chi connectivity index (χ0n) is 10.8. The molecule has 0 fully saturated rings. The molecule has 1 rings (SSSR count). The van der Waals surface area contributed by atoms with Crippen LogP contribution >= 0.6 is 0 Å². The fraction of sp³-hybridized carbons (Fsp3) is 0.538. The summed E-state index contributed by atoms with van der Waals surface area (Å²) in [5, 5.41) is 0. The molecule has 0 amide bonds. The zero-order chi connectivity index (χ0) is 13.1. The molecule has 1 aromatic rings. The molecule has 0 aromatic carbocycles. The van der Waals surface area contributed by atoms with Crippen molar-refractivity contribution in [3.05, 3.63) is 23.4 Å². The zero-order valence-corrected chi connectivity index (χ0v) is 10.8. The first-order valence-corrected chi connectivity index (χ1v) is 5.97. The standard InChI is InChI=1S/C13H21N3O/c1-4-13(5-2,8-14)11(17)10-6-9(3)7-16-12(10)15/h6-7H,4-5,8,14H2,1-3H3,(H2,15,16). The van der Waals surface area contributed by atoms with Gasteiger partial charge in [-0.2, -0.15) is 0 Å². The minimum Gasteiger partial charge on any atom is -0.383 e. The van der Waals surface area contributed by atoms with Gasteiger partial charge in [-0.05, 0) is 31.4 Å². The van der Waals surface area contributed by atoms with E-state index >= 15 is 0 Å². The lowest BCUT2D eigenvalue weighted by Gasteiger charge is -2.28. The molecule has 0 radical (unpaired) electrons. The number of nitrogens with two attached hydrogens (primary N) is 2. The van der Waals surface area contributed by atoms with Crippen LogP contribution in [0.15, 0.2) is 12.3 Å². The van der Waals surface area contributed by atoms with E-state index in [-0.39, 0.29) is 5.78 Å². The molecule has 1 heterocycles. The Hall–Kier alpha value is -1.42. The number of aryl methyl sites for hydroxylation is 1. The predicted octanol–water partition coefficient (Wildman–Crippen LogP) is 1.92. The molecule has 0 aliphatic heterocycles. The van der Waals surface area contributed by atoms with Crippen molar-refractivity contribution in [2.45, 2.75) is 33.6 Å². The topological polar surface area (TPSA) is 82.0 Å². The number of Topliss-reactive ketones (excluding diaryl/α,β-unsaturated/α-hetero) is 1. The second kappa shape index (κ2) is 5.27. The summed E-state index contributed by atoms with van der Waals surface area (Å²) in [6.45, 7) is 6.19. The first-order chi connectivity index (χ1) is 8.00. The molecule has 0 aliphatic carbocycles. The van der Waals surface area contributed by atoms with E-state index < -0.39 is 5.41 Å². The van der Waals surface area contributed by atoms with E-state index in [4.69, 9.17) is 11.5 Å². The van der Waals surface area contributed by atoms with Crippen LogP contribution in [0, 0.1) is 12.3 Å². The summed E-state index contributed by atoms with van der Waals surface area (Å²) in [6.07, 6.45) is 3.09. The summed E-state index contributed by atoms with van der Waals surface area (Å²) < 4.78 is 0. The maximum atomic E-state index is 12.5. The smallest absolute Gasteiger partial charge is 0.173 e. The van der Waals surface area contributed by atoms with Crippen LogP contribution in [-0.4, -0.2) is 17.3 Å². The second-order valence-corrected chi connectivity index (χ2v) is 4.47. The molecule has 0 saturated carbocycles. The number of carbonyl (C=O) groups is 1. The summed E-state index contributed by atoms with van der Waals surface area (Å²) in [5.74, 6) is 0.305. The van der Waals surface area contributed by atoms with Crippen molar-refractivity contribution >= 4 is 11.6 Å². The van der Waals surface area contributed by atoms with Crippen molar-refractivity contribution in [1.82, 2.24) is 4.98 Å². The number of rotatable bonds is 5. The SMILES string of the molecule is CCC(CC)(CN)C(=O)c1cc(C)cnc1N. The highest BCUT2D eigenvalue weighted by Gasteiger charge is 2.35. The molecule has 0 bridgehead atoms. The Bertz CT molecular complexity index is 403. The van der Waals surface area contributed by atoms with Gasteiger partial charge in [0.15, 0.2) is 5.78 Å². The number of hydrogen-bond donors (Lipinski definition) is 2. The van der Waals surface area contributed by atoms with Crippen LogP contribution in [0.4, 0.5) is 5.82 Å². The van der Waals surface area contributed by atoms with Gasteiger partial charge in [0.1, 0.15) is 5.82 Å². The summed E-state index contributed by atoms with van der Waals surface area (Å²) in [6, 6.07) is 1.79. The maximum Gasteiger partial charge on any atom is 0.173 e. The number of carbonyl (C=O) groups excluding carboxylic acids is 1. The molecule has 0 aliphatic rings. The van der Waals surface area contributed by atoms with Crippen LogP contribution < -0.4 is 11.5 Å². The Morgan fingerprint density at radius 3 is 2.47 bits per heavy atom. The highest BCUT2D eigenvalue weighted by molar-refractivity contribution is 6.04. The second-order valence-electron chi connectivity index (χ2n) is 4.47. The molecule has 1 aromatic heterocycles. The van der Waals surface area contributed by atoms with E-state index in [1.165, 1.54) is 0 Å². The third-order valence-corrected chi connectivity index (χ3v) is 3.53. The van der Waals surface area contributed by atoms with E-state index in [9.17, 15) is 4.79 Å². The van der Waals surface area contributed by atoms with Crippen molar-refractivity contribution in [3.8, 4) is 0 Å². The van der Waals surface area contributed by atoms with Crippen molar-refractivity contribution in [1.29, 1.82) is 0 Å². The average molecular weight is 235 g/mol. The lowest BCUT2D eigenvalue weighted by molar-refractivity contribution is 0.0788. The summed E-state index contributed by atoms with van der Waals surface area (Å²) >= 11 is 0.